The van der Waals surface area contributed by atoms with Gasteiger partial charge in [0.15, 0.2) is 0 Å². The van der Waals surface area contributed by atoms with Gasteiger partial charge in [-0.05, 0) is 66.1 Å². The van der Waals surface area contributed by atoms with Gasteiger partial charge in [-0.3, -0.25) is 9.20 Å². The minimum Gasteiger partial charge on any atom is -0.477 e. The van der Waals surface area contributed by atoms with Crippen LogP contribution in [0.5, 0.6) is 0 Å². The highest BCUT2D eigenvalue weighted by molar-refractivity contribution is 7.15. The van der Waals surface area contributed by atoms with E-state index in [2.05, 4.69) is 11.4 Å². The number of fused-ring (bicyclic) bond motifs is 2. The van der Waals surface area contributed by atoms with E-state index in [1.807, 2.05) is 13.0 Å². The molecular formula is C21H21N3O3S. The molecule has 1 aliphatic heterocycles. The number of nitrogens with two attached hydrogens (primary N) is 1. The molecule has 0 aromatic carbocycles. The maximum atomic E-state index is 12.7. The summed E-state index contributed by atoms with van der Waals surface area (Å²) in [6.07, 6.45) is 3.78. The van der Waals surface area contributed by atoms with Crippen molar-refractivity contribution in [3.8, 4) is 10.4 Å². The second-order valence-corrected chi connectivity index (χ2v) is 8.83. The molecule has 0 bridgehead atoms. The van der Waals surface area contributed by atoms with Gasteiger partial charge in [0.1, 0.15) is 5.56 Å². The number of pyridine rings is 2. The molecule has 28 heavy (non-hydrogen) atoms. The summed E-state index contributed by atoms with van der Waals surface area (Å²) >= 11 is 1.73. The summed E-state index contributed by atoms with van der Waals surface area (Å²) < 4.78 is 1.51. The maximum absolute atomic E-state index is 12.7. The molecule has 7 heteroatoms. The van der Waals surface area contributed by atoms with E-state index in [1.54, 1.807) is 23.6 Å². The van der Waals surface area contributed by atoms with Gasteiger partial charge in [0.05, 0.1) is 5.52 Å². The van der Waals surface area contributed by atoms with E-state index in [1.165, 1.54) is 14.8 Å². The number of thiophene rings is 1. The zero-order valence-electron chi connectivity index (χ0n) is 15.5. The Morgan fingerprint density at radius 3 is 2.79 bits per heavy atom. The maximum Gasteiger partial charge on any atom is 0.341 e. The minimum absolute atomic E-state index is 0.00252. The number of aromatic carboxylic acids is 1. The standard InChI is InChI=1S/C21H21N3O3S/c1-10-12(17-7-14-16(22)8-23-9-18(14)28-17)4-5-24-19(10)13(11-2-3-11)6-15(20(24)25)21(26)27/h4-7,11,16,23H,2-3,8-9,22H2,1H3,(H,26,27). The summed E-state index contributed by atoms with van der Waals surface area (Å²) in [5, 5.41) is 12.8. The molecule has 0 spiro atoms. The lowest BCUT2D eigenvalue weighted by Crippen LogP contribution is -2.31. The molecule has 0 saturated heterocycles. The van der Waals surface area contributed by atoms with Crippen LogP contribution in [0.25, 0.3) is 16.0 Å². The van der Waals surface area contributed by atoms with E-state index in [0.717, 1.165) is 53.0 Å². The van der Waals surface area contributed by atoms with Crippen LogP contribution in [0.1, 0.15) is 56.7 Å². The van der Waals surface area contributed by atoms with E-state index in [-0.39, 0.29) is 11.6 Å². The SMILES string of the molecule is Cc1c(-c2cc3c(s2)CNCC3N)ccn2c(=O)c(C(=O)O)cc(C3CC3)c12. The molecule has 1 unspecified atom stereocenters. The average molecular weight is 395 g/mol. The van der Waals surface area contributed by atoms with Gasteiger partial charge in [-0.2, -0.15) is 0 Å². The Morgan fingerprint density at radius 1 is 1.32 bits per heavy atom. The van der Waals surface area contributed by atoms with E-state index in [9.17, 15) is 14.7 Å². The number of carboxylic acids is 1. The number of aryl methyl sites for hydroxylation is 1. The second-order valence-electron chi connectivity index (χ2n) is 7.70. The van der Waals surface area contributed by atoms with E-state index >= 15 is 0 Å². The second kappa shape index (κ2) is 6.27. The highest BCUT2D eigenvalue weighted by atomic mass is 32.1. The van der Waals surface area contributed by atoms with Crippen LogP contribution in [0, 0.1) is 6.92 Å². The number of carbonyl (C=O) groups is 1. The van der Waals surface area contributed by atoms with Crippen LogP contribution in [0.15, 0.2) is 29.2 Å². The smallest absolute Gasteiger partial charge is 0.341 e. The quantitative estimate of drug-likeness (QED) is 0.633. The molecule has 5 rings (SSSR count). The third kappa shape index (κ3) is 2.62. The molecule has 3 aromatic heterocycles. The molecule has 1 fully saturated rings. The highest BCUT2D eigenvalue weighted by Crippen LogP contribution is 2.44. The van der Waals surface area contributed by atoms with Crippen molar-refractivity contribution in [3.05, 3.63) is 61.9 Å². The lowest BCUT2D eigenvalue weighted by Gasteiger charge is -2.18. The Balaban J connectivity index is 1.76. The molecule has 2 aliphatic rings. The van der Waals surface area contributed by atoms with Crippen molar-refractivity contribution in [2.24, 2.45) is 5.73 Å². The zero-order valence-corrected chi connectivity index (χ0v) is 16.3. The van der Waals surface area contributed by atoms with E-state index in [4.69, 9.17) is 5.73 Å². The molecular weight excluding hydrogens is 374 g/mol. The molecule has 1 saturated carbocycles. The third-order valence-electron chi connectivity index (χ3n) is 5.82. The van der Waals surface area contributed by atoms with Gasteiger partial charge in [-0.25, -0.2) is 4.79 Å². The Morgan fingerprint density at radius 2 is 2.11 bits per heavy atom. The molecule has 4 N–H and O–H groups in total. The van der Waals surface area contributed by atoms with Crippen molar-refractivity contribution in [2.75, 3.05) is 6.54 Å². The summed E-state index contributed by atoms with van der Waals surface area (Å²) in [5.74, 6) is -0.840. The van der Waals surface area contributed by atoms with Crippen molar-refractivity contribution in [1.29, 1.82) is 0 Å². The van der Waals surface area contributed by atoms with Crippen molar-refractivity contribution in [3.63, 3.8) is 0 Å². The molecule has 144 valence electrons. The number of hydrogen-bond donors (Lipinski definition) is 3. The van der Waals surface area contributed by atoms with Crippen LogP contribution in [-0.2, 0) is 6.54 Å². The fourth-order valence-electron chi connectivity index (χ4n) is 4.20. The minimum atomic E-state index is -1.17. The molecule has 1 aliphatic carbocycles. The first-order valence-electron chi connectivity index (χ1n) is 9.47. The number of nitrogens with one attached hydrogen (secondary N) is 1. The third-order valence-corrected chi connectivity index (χ3v) is 7.00. The first-order valence-corrected chi connectivity index (χ1v) is 10.3. The van der Waals surface area contributed by atoms with Gasteiger partial charge < -0.3 is 16.2 Å². The largest absolute Gasteiger partial charge is 0.477 e. The average Bonchev–Trinajstić information content (AvgIpc) is 3.41. The van der Waals surface area contributed by atoms with Crippen LogP contribution in [0.4, 0.5) is 0 Å². The number of nitrogens with zero attached hydrogens (tertiary/aromatic N) is 1. The zero-order chi connectivity index (χ0) is 19.6. The topological polar surface area (TPSA) is 96.8 Å². The van der Waals surface area contributed by atoms with Crippen LogP contribution >= 0.6 is 11.3 Å². The van der Waals surface area contributed by atoms with Crippen LogP contribution in [0.3, 0.4) is 0 Å². The van der Waals surface area contributed by atoms with Crippen LogP contribution < -0.4 is 16.6 Å². The van der Waals surface area contributed by atoms with Crippen LogP contribution in [0.2, 0.25) is 0 Å². The number of rotatable bonds is 3. The fourth-order valence-corrected chi connectivity index (χ4v) is 5.49. The lowest BCUT2D eigenvalue weighted by atomic mass is 9.98. The molecule has 6 nitrogen and oxygen atoms in total. The van der Waals surface area contributed by atoms with Crippen molar-refractivity contribution < 1.29 is 9.90 Å². The molecule has 0 radical (unpaired) electrons. The number of aromatic nitrogens is 1. The molecule has 1 atom stereocenters. The van der Waals surface area contributed by atoms with Crippen LogP contribution in [-0.4, -0.2) is 22.0 Å². The fraction of sp³-hybridized carbons (Fsp3) is 0.333. The summed E-state index contributed by atoms with van der Waals surface area (Å²) in [5.41, 5.74) is 10.7. The molecule has 0 amide bonds. The Labute approximate surface area is 165 Å². The van der Waals surface area contributed by atoms with Gasteiger partial charge >= 0.3 is 5.97 Å². The summed E-state index contributed by atoms with van der Waals surface area (Å²) in [6, 6.07) is 5.68. The monoisotopic (exact) mass is 395 g/mol. The van der Waals surface area contributed by atoms with Crippen molar-refractivity contribution in [1.82, 2.24) is 9.72 Å². The van der Waals surface area contributed by atoms with Gasteiger partial charge in [0, 0.05) is 35.1 Å². The normalized spacial score (nSPS) is 19.0. The van der Waals surface area contributed by atoms with E-state index < -0.39 is 11.5 Å². The number of carboxylic acid groups (broad SMARTS) is 1. The van der Waals surface area contributed by atoms with Gasteiger partial charge in [0.25, 0.3) is 5.56 Å². The highest BCUT2D eigenvalue weighted by Gasteiger charge is 2.30. The van der Waals surface area contributed by atoms with Gasteiger partial charge in [0.2, 0.25) is 0 Å². The van der Waals surface area contributed by atoms with Gasteiger partial charge in [-0.15, -0.1) is 11.3 Å². The Bertz CT molecular complexity index is 1190. The summed E-state index contributed by atoms with van der Waals surface area (Å²) in [7, 11) is 0. The molecule has 4 heterocycles. The van der Waals surface area contributed by atoms with Crippen molar-refractivity contribution in [2.45, 2.75) is 38.3 Å². The van der Waals surface area contributed by atoms with Crippen molar-refractivity contribution >= 4 is 22.8 Å². The summed E-state index contributed by atoms with van der Waals surface area (Å²) in [4.78, 5) is 26.7. The first kappa shape index (κ1) is 17.6. The first-order chi connectivity index (χ1) is 13.5. The Kier molecular flexibility index (Phi) is 3.94. The van der Waals surface area contributed by atoms with E-state index in [0.29, 0.717) is 5.92 Å². The number of hydrogen-bond acceptors (Lipinski definition) is 5. The predicted molar refractivity (Wildman–Crippen MR) is 109 cm³/mol. The lowest BCUT2D eigenvalue weighted by molar-refractivity contribution is 0.0694. The Hall–Kier alpha value is -2.48. The molecule has 3 aromatic rings. The summed E-state index contributed by atoms with van der Waals surface area (Å²) in [6.45, 7) is 3.63. The van der Waals surface area contributed by atoms with Gasteiger partial charge in [-0.1, -0.05) is 0 Å². The predicted octanol–water partition coefficient (Wildman–Crippen LogP) is 3.02.